The van der Waals surface area contributed by atoms with E-state index in [1.165, 1.54) is 17.3 Å². The van der Waals surface area contributed by atoms with Crippen LogP contribution in [0, 0.1) is 0 Å². The summed E-state index contributed by atoms with van der Waals surface area (Å²) in [6, 6.07) is 18.0. The highest BCUT2D eigenvalue weighted by Crippen LogP contribution is 2.23. The molecule has 1 aromatic heterocycles. The Morgan fingerprint density at radius 2 is 1.91 bits per heavy atom. The fourth-order valence-corrected chi connectivity index (χ4v) is 3.17. The monoisotopic (exact) mass is 325 g/mol. The number of aromatic amines is 1. The van der Waals surface area contributed by atoms with Gasteiger partial charge in [-0.05, 0) is 31.0 Å². The third kappa shape index (κ3) is 4.13. The van der Waals surface area contributed by atoms with E-state index < -0.39 is 0 Å². The lowest BCUT2D eigenvalue weighted by Gasteiger charge is -2.10. The number of thioether (sulfide) groups is 1. The molecule has 0 radical (unpaired) electrons. The maximum Gasteiger partial charge on any atom is 0.233 e. The number of hydrogen-bond acceptors (Lipinski definition) is 3. The molecule has 5 heteroatoms. The minimum Gasteiger partial charge on any atom is -0.355 e. The Bertz CT molecular complexity index is 752. The van der Waals surface area contributed by atoms with Gasteiger partial charge in [-0.15, -0.1) is 0 Å². The van der Waals surface area contributed by atoms with Crippen molar-refractivity contribution in [2.24, 2.45) is 0 Å². The van der Waals surface area contributed by atoms with Crippen molar-refractivity contribution in [3.8, 4) is 0 Å². The number of H-pyrrole nitrogens is 1. The van der Waals surface area contributed by atoms with Gasteiger partial charge in [-0.25, -0.2) is 4.98 Å². The number of rotatable bonds is 6. The highest BCUT2D eigenvalue weighted by Gasteiger charge is 2.16. The van der Waals surface area contributed by atoms with Gasteiger partial charge in [0.1, 0.15) is 0 Å². The van der Waals surface area contributed by atoms with E-state index in [0.717, 1.165) is 22.6 Å². The highest BCUT2D eigenvalue weighted by atomic mass is 32.2. The SMILES string of the molecule is C[C@H](Sc1nc2ccccc2[nH]1)C(=O)NCCc1ccccc1. The van der Waals surface area contributed by atoms with Crippen LogP contribution < -0.4 is 5.32 Å². The van der Waals surface area contributed by atoms with E-state index in [1.807, 2.05) is 49.4 Å². The first-order valence-electron chi connectivity index (χ1n) is 7.65. The predicted molar refractivity (Wildman–Crippen MR) is 94.6 cm³/mol. The van der Waals surface area contributed by atoms with Crippen LogP contribution in [-0.4, -0.2) is 27.7 Å². The van der Waals surface area contributed by atoms with Crippen molar-refractivity contribution in [3.63, 3.8) is 0 Å². The average molecular weight is 325 g/mol. The zero-order valence-corrected chi connectivity index (χ0v) is 13.8. The third-order valence-electron chi connectivity index (χ3n) is 3.58. The van der Waals surface area contributed by atoms with E-state index in [1.54, 1.807) is 0 Å². The van der Waals surface area contributed by atoms with Crippen LogP contribution in [0.5, 0.6) is 0 Å². The van der Waals surface area contributed by atoms with Crippen molar-refractivity contribution in [1.82, 2.24) is 15.3 Å². The number of benzene rings is 2. The van der Waals surface area contributed by atoms with Gasteiger partial charge in [0.2, 0.25) is 5.91 Å². The number of carbonyl (C=O) groups is 1. The minimum atomic E-state index is -0.189. The highest BCUT2D eigenvalue weighted by molar-refractivity contribution is 8.00. The number of carbonyl (C=O) groups excluding carboxylic acids is 1. The van der Waals surface area contributed by atoms with Gasteiger partial charge in [0, 0.05) is 6.54 Å². The summed E-state index contributed by atoms with van der Waals surface area (Å²) in [4.78, 5) is 19.9. The molecule has 3 rings (SSSR count). The molecule has 0 saturated carbocycles. The average Bonchev–Trinajstić information content (AvgIpc) is 2.98. The minimum absolute atomic E-state index is 0.0337. The topological polar surface area (TPSA) is 57.8 Å². The van der Waals surface area contributed by atoms with E-state index >= 15 is 0 Å². The lowest BCUT2D eigenvalue weighted by atomic mass is 10.1. The lowest BCUT2D eigenvalue weighted by molar-refractivity contribution is -0.120. The van der Waals surface area contributed by atoms with Crippen molar-refractivity contribution in [2.75, 3.05) is 6.54 Å². The lowest BCUT2D eigenvalue weighted by Crippen LogP contribution is -2.32. The van der Waals surface area contributed by atoms with Crippen LogP contribution in [0.3, 0.4) is 0 Å². The number of imidazole rings is 1. The molecular weight excluding hydrogens is 306 g/mol. The van der Waals surface area contributed by atoms with Crippen LogP contribution in [0.4, 0.5) is 0 Å². The van der Waals surface area contributed by atoms with Crippen molar-refractivity contribution in [1.29, 1.82) is 0 Å². The van der Waals surface area contributed by atoms with Gasteiger partial charge in [0.05, 0.1) is 16.3 Å². The number of nitrogens with one attached hydrogen (secondary N) is 2. The summed E-state index contributed by atoms with van der Waals surface area (Å²) in [5, 5.41) is 3.57. The first-order chi connectivity index (χ1) is 11.2. The smallest absolute Gasteiger partial charge is 0.233 e. The fraction of sp³-hybridized carbons (Fsp3) is 0.222. The van der Waals surface area contributed by atoms with E-state index in [4.69, 9.17) is 0 Å². The van der Waals surface area contributed by atoms with Gasteiger partial charge in [-0.1, -0.05) is 54.2 Å². The Labute approximate surface area is 139 Å². The van der Waals surface area contributed by atoms with E-state index in [0.29, 0.717) is 6.54 Å². The number of fused-ring (bicyclic) bond motifs is 1. The first-order valence-corrected chi connectivity index (χ1v) is 8.53. The van der Waals surface area contributed by atoms with Gasteiger partial charge in [0.25, 0.3) is 0 Å². The summed E-state index contributed by atoms with van der Waals surface area (Å²) < 4.78 is 0. The summed E-state index contributed by atoms with van der Waals surface area (Å²) >= 11 is 1.44. The Kier molecular flexibility index (Phi) is 4.98. The van der Waals surface area contributed by atoms with Gasteiger partial charge in [-0.3, -0.25) is 4.79 Å². The molecule has 0 saturated heterocycles. The number of amides is 1. The van der Waals surface area contributed by atoms with Crippen LogP contribution >= 0.6 is 11.8 Å². The van der Waals surface area contributed by atoms with E-state index in [9.17, 15) is 4.79 Å². The molecule has 1 atom stereocenters. The third-order valence-corrected chi connectivity index (χ3v) is 4.57. The Morgan fingerprint density at radius 3 is 2.70 bits per heavy atom. The number of para-hydroxylation sites is 2. The molecule has 1 amide bonds. The van der Waals surface area contributed by atoms with Crippen LogP contribution in [0.1, 0.15) is 12.5 Å². The van der Waals surface area contributed by atoms with Crippen LogP contribution in [-0.2, 0) is 11.2 Å². The molecule has 0 spiro atoms. The van der Waals surface area contributed by atoms with Crippen molar-refractivity contribution >= 4 is 28.7 Å². The fourth-order valence-electron chi connectivity index (χ4n) is 2.32. The molecule has 3 aromatic rings. The molecule has 1 heterocycles. The molecule has 2 aromatic carbocycles. The summed E-state index contributed by atoms with van der Waals surface area (Å²) in [5.74, 6) is 0.0337. The molecule has 0 bridgehead atoms. The molecule has 0 unspecified atom stereocenters. The van der Waals surface area contributed by atoms with Gasteiger partial charge in [0.15, 0.2) is 5.16 Å². The summed E-state index contributed by atoms with van der Waals surface area (Å²) in [7, 11) is 0. The van der Waals surface area contributed by atoms with Crippen LogP contribution in [0.25, 0.3) is 11.0 Å². The molecule has 0 aliphatic heterocycles. The molecule has 23 heavy (non-hydrogen) atoms. The largest absolute Gasteiger partial charge is 0.355 e. The predicted octanol–water partition coefficient (Wildman–Crippen LogP) is 3.40. The summed E-state index contributed by atoms with van der Waals surface area (Å²) in [6.07, 6.45) is 0.842. The zero-order valence-electron chi connectivity index (χ0n) is 13.0. The zero-order chi connectivity index (χ0) is 16.1. The number of hydrogen-bond donors (Lipinski definition) is 2. The molecule has 4 nitrogen and oxygen atoms in total. The van der Waals surface area contributed by atoms with Crippen molar-refractivity contribution in [2.45, 2.75) is 23.8 Å². The molecule has 0 fully saturated rings. The Hall–Kier alpha value is -2.27. The van der Waals surface area contributed by atoms with Gasteiger partial charge < -0.3 is 10.3 Å². The summed E-state index contributed by atoms with van der Waals surface area (Å²) in [5.41, 5.74) is 3.14. The second-order valence-corrected chi connectivity index (χ2v) is 6.68. The maximum atomic E-state index is 12.2. The first kappa shape index (κ1) is 15.6. The van der Waals surface area contributed by atoms with Crippen LogP contribution in [0.15, 0.2) is 59.8 Å². The number of nitrogens with zero attached hydrogens (tertiary/aromatic N) is 1. The second-order valence-electron chi connectivity index (χ2n) is 5.35. The summed E-state index contributed by atoms with van der Waals surface area (Å²) in [6.45, 7) is 2.55. The van der Waals surface area contributed by atoms with Crippen molar-refractivity contribution < 1.29 is 4.79 Å². The van der Waals surface area contributed by atoms with Crippen molar-refractivity contribution in [3.05, 3.63) is 60.2 Å². The maximum absolute atomic E-state index is 12.2. The van der Waals surface area contributed by atoms with Gasteiger partial charge in [-0.2, -0.15) is 0 Å². The Balaban J connectivity index is 1.51. The molecule has 0 aliphatic carbocycles. The molecule has 118 valence electrons. The van der Waals surface area contributed by atoms with Gasteiger partial charge >= 0.3 is 0 Å². The number of aromatic nitrogens is 2. The standard InChI is InChI=1S/C18H19N3OS/c1-13(17(22)19-12-11-14-7-3-2-4-8-14)23-18-20-15-9-5-6-10-16(15)21-18/h2-10,13H,11-12H2,1H3,(H,19,22)(H,20,21)/t13-/m0/s1. The van der Waals surface area contributed by atoms with E-state index in [-0.39, 0.29) is 11.2 Å². The quantitative estimate of drug-likeness (QED) is 0.683. The molecule has 0 aliphatic rings. The van der Waals surface area contributed by atoms with E-state index in [2.05, 4.69) is 27.4 Å². The molecular formula is C18H19N3OS. The normalized spacial score (nSPS) is 12.2. The molecule has 2 N–H and O–H groups in total. The van der Waals surface area contributed by atoms with Crippen LogP contribution in [0.2, 0.25) is 0 Å². The second kappa shape index (κ2) is 7.33. The Morgan fingerprint density at radius 1 is 1.17 bits per heavy atom.